The summed E-state index contributed by atoms with van der Waals surface area (Å²) < 4.78 is 40.0. The van der Waals surface area contributed by atoms with Crippen molar-refractivity contribution in [1.29, 1.82) is 0 Å². The van der Waals surface area contributed by atoms with E-state index in [0.29, 0.717) is 10.3 Å². The molecule has 0 bridgehead atoms. The first kappa shape index (κ1) is 14.7. The number of halogens is 2. The maximum atomic E-state index is 13.0. The number of anilines is 2. The lowest BCUT2D eigenvalue weighted by Gasteiger charge is -2.10. The summed E-state index contributed by atoms with van der Waals surface area (Å²) in [5.41, 5.74) is 0.254. The summed E-state index contributed by atoms with van der Waals surface area (Å²) in [6.07, 6.45) is 1.24. The normalized spacial score (nSPS) is 11.2. The summed E-state index contributed by atoms with van der Waals surface area (Å²) >= 11 is 3.10. The van der Waals surface area contributed by atoms with Gasteiger partial charge in [0.1, 0.15) is 16.5 Å². The molecule has 2 rings (SSSR count). The molecule has 8 heteroatoms. The van der Waals surface area contributed by atoms with E-state index in [1.165, 1.54) is 30.5 Å². The summed E-state index contributed by atoms with van der Waals surface area (Å²) in [5, 5.41) is 2.80. The molecule has 2 N–H and O–H groups in total. The average molecular weight is 360 g/mol. The molecule has 0 amide bonds. The Morgan fingerprint density at radius 1 is 1.25 bits per heavy atom. The Morgan fingerprint density at radius 2 is 2.00 bits per heavy atom. The molecule has 0 aliphatic rings. The summed E-state index contributed by atoms with van der Waals surface area (Å²) in [4.78, 5) is 3.96. The lowest BCUT2D eigenvalue weighted by molar-refractivity contribution is 0.600. The molecule has 0 fully saturated rings. The van der Waals surface area contributed by atoms with E-state index in [2.05, 4.69) is 31.0 Å². The first-order valence-electron chi connectivity index (χ1n) is 5.54. The second kappa shape index (κ2) is 5.76. The molecule has 0 aliphatic heterocycles. The Kier molecular flexibility index (Phi) is 4.24. The van der Waals surface area contributed by atoms with Crippen LogP contribution >= 0.6 is 15.9 Å². The smallest absolute Gasteiger partial charge is 0.263 e. The van der Waals surface area contributed by atoms with E-state index in [1.54, 1.807) is 13.1 Å². The number of aromatic nitrogens is 1. The van der Waals surface area contributed by atoms with Crippen LogP contribution in [-0.4, -0.2) is 20.4 Å². The molecule has 0 aliphatic carbocycles. The van der Waals surface area contributed by atoms with Crippen molar-refractivity contribution in [3.63, 3.8) is 0 Å². The molecular formula is C12H11BrFN3O2S. The molecule has 0 atom stereocenters. The van der Waals surface area contributed by atoms with E-state index in [4.69, 9.17) is 0 Å². The van der Waals surface area contributed by atoms with Crippen LogP contribution in [0.1, 0.15) is 0 Å². The number of rotatable bonds is 4. The van der Waals surface area contributed by atoms with Gasteiger partial charge in [0.15, 0.2) is 0 Å². The minimum Gasteiger partial charge on any atom is -0.373 e. The fraction of sp³-hybridized carbons (Fsp3) is 0.0833. The number of benzene rings is 1. The lowest BCUT2D eigenvalue weighted by Crippen LogP contribution is -2.13. The van der Waals surface area contributed by atoms with Gasteiger partial charge in [-0.15, -0.1) is 0 Å². The van der Waals surface area contributed by atoms with E-state index < -0.39 is 15.8 Å². The Morgan fingerprint density at radius 3 is 2.55 bits per heavy atom. The van der Waals surface area contributed by atoms with Crippen molar-refractivity contribution >= 4 is 37.5 Å². The minimum absolute atomic E-state index is 0.0210. The van der Waals surface area contributed by atoms with Crippen LogP contribution in [0, 0.1) is 5.82 Å². The Balaban J connectivity index is 2.30. The van der Waals surface area contributed by atoms with Gasteiger partial charge < -0.3 is 5.32 Å². The van der Waals surface area contributed by atoms with Gasteiger partial charge in [0.25, 0.3) is 10.0 Å². The number of nitrogens with zero attached hydrogens (tertiary/aromatic N) is 1. The number of sulfonamides is 1. The first-order valence-corrected chi connectivity index (χ1v) is 7.81. The van der Waals surface area contributed by atoms with Crippen molar-refractivity contribution in [3.8, 4) is 0 Å². The van der Waals surface area contributed by atoms with Gasteiger partial charge >= 0.3 is 0 Å². The summed E-state index contributed by atoms with van der Waals surface area (Å²) in [5.74, 6) is 0.103. The summed E-state index contributed by atoms with van der Waals surface area (Å²) in [7, 11) is -2.08. The maximum Gasteiger partial charge on any atom is 0.263 e. The molecule has 1 aromatic carbocycles. The standard InChI is InChI=1S/C12H11BrFN3O2S/c1-15-12-5-3-9(7-16-12)20(18,19)17-11-4-2-8(14)6-10(11)13/h2-7,17H,1H3,(H,15,16). The van der Waals surface area contributed by atoms with Gasteiger partial charge in [-0.3, -0.25) is 4.72 Å². The largest absolute Gasteiger partial charge is 0.373 e. The van der Waals surface area contributed by atoms with Gasteiger partial charge in [-0.2, -0.15) is 0 Å². The summed E-state index contributed by atoms with van der Waals surface area (Å²) in [6, 6.07) is 6.67. The Bertz CT molecular complexity index is 720. The topological polar surface area (TPSA) is 71.1 Å². The van der Waals surface area contributed by atoms with Crippen molar-refractivity contribution in [2.45, 2.75) is 4.90 Å². The SMILES string of the molecule is CNc1ccc(S(=O)(=O)Nc2ccc(F)cc2Br)cn1. The third-order valence-corrected chi connectivity index (χ3v) is 4.49. The molecule has 0 radical (unpaired) electrons. The molecule has 2 aromatic rings. The number of hydrogen-bond acceptors (Lipinski definition) is 4. The van der Waals surface area contributed by atoms with Crippen LogP contribution in [0.4, 0.5) is 15.9 Å². The van der Waals surface area contributed by atoms with Crippen molar-refractivity contribution in [2.24, 2.45) is 0 Å². The van der Waals surface area contributed by atoms with Gasteiger partial charge in [0, 0.05) is 17.7 Å². The van der Waals surface area contributed by atoms with E-state index >= 15 is 0 Å². The van der Waals surface area contributed by atoms with E-state index in [0.717, 1.165) is 0 Å². The zero-order chi connectivity index (χ0) is 14.8. The highest BCUT2D eigenvalue weighted by molar-refractivity contribution is 9.10. The van der Waals surface area contributed by atoms with Gasteiger partial charge in [-0.1, -0.05) is 0 Å². The first-order chi connectivity index (χ1) is 9.42. The zero-order valence-electron chi connectivity index (χ0n) is 10.4. The number of pyridine rings is 1. The van der Waals surface area contributed by atoms with Crippen molar-refractivity contribution in [3.05, 3.63) is 46.8 Å². The van der Waals surface area contributed by atoms with Crippen molar-refractivity contribution in [1.82, 2.24) is 4.98 Å². The van der Waals surface area contributed by atoms with Crippen LogP contribution in [0.2, 0.25) is 0 Å². The monoisotopic (exact) mass is 359 g/mol. The highest BCUT2D eigenvalue weighted by atomic mass is 79.9. The Labute approximate surface area is 124 Å². The van der Waals surface area contributed by atoms with Crippen LogP contribution < -0.4 is 10.0 Å². The van der Waals surface area contributed by atoms with Crippen LogP contribution in [-0.2, 0) is 10.0 Å². The zero-order valence-corrected chi connectivity index (χ0v) is 12.8. The molecule has 106 valence electrons. The number of hydrogen-bond donors (Lipinski definition) is 2. The summed E-state index contributed by atoms with van der Waals surface area (Å²) in [6.45, 7) is 0. The molecule has 0 unspecified atom stereocenters. The molecule has 1 aromatic heterocycles. The highest BCUT2D eigenvalue weighted by Crippen LogP contribution is 2.25. The van der Waals surface area contributed by atoms with Crippen LogP contribution in [0.25, 0.3) is 0 Å². The Hall–Kier alpha value is -1.67. The van der Waals surface area contributed by atoms with Crippen LogP contribution in [0.3, 0.4) is 0 Å². The second-order valence-electron chi connectivity index (χ2n) is 3.86. The van der Waals surface area contributed by atoms with Gasteiger partial charge in [0.2, 0.25) is 0 Å². The van der Waals surface area contributed by atoms with E-state index in [9.17, 15) is 12.8 Å². The molecule has 0 saturated carbocycles. The van der Waals surface area contributed by atoms with Crippen LogP contribution in [0.5, 0.6) is 0 Å². The molecule has 1 heterocycles. The van der Waals surface area contributed by atoms with Gasteiger partial charge in [-0.05, 0) is 46.3 Å². The quantitative estimate of drug-likeness (QED) is 0.880. The third-order valence-electron chi connectivity index (χ3n) is 2.48. The average Bonchev–Trinajstić information content (AvgIpc) is 2.42. The predicted octanol–water partition coefficient (Wildman–Crippen LogP) is 2.83. The molecule has 0 spiro atoms. The van der Waals surface area contributed by atoms with Gasteiger partial charge in [-0.25, -0.2) is 17.8 Å². The van der Waals surface area contributed by atoms with E-state index in [-0.39, 0.29) is 10.6 Å². The third kappa shape index (κ3) is 3.26. The fourth-order valence-electron chi connectivity index (χ4n) is 1.46. The molecule has 0 saturated heterocycles. The van der Waals surface area contributed by atoms with Gasteiger partial charge in [0.05, 0.1) is 5.69 Å². The predicted molar refractivity (Wildman–Crippen MR) is 78.7 cm³/mol. The van der Waals surface area contributed by atoms with Crippen molar-refractivity contribution < 1.29 is 12.8 Å². The maximum absolute atomic E-state index is 13.0. The second-order valence-corrected chi connectivity index (χ2v) is 6.40. The highest BCUT2D eigenvalue weighted by Gasteiger charge is 2.16. The molecule has 5 nitrogen and oxygen atoms in total. The van der Waals surface area contributed by atoms with Crippen molar-refractivity contribution in [2.75, 3.05) is 17.1 Å². The fourth-order valence-corrected chi connectivity index (χ4v) is 3.07. The van der Waals surface area contributed by atoms with Crippen LogP contribution in [0.15, 0.2) is 45.9 Å². The minimum atomic E-state index is -3.77. The lowest BCUT2D eigenvalue weighted by atomic mass is 10.3. The number of nitrogens with one attached hydrogen (secondary N) is 2. The molecule has 20 heavy (non-hydrogen) atoms. The van der Waals surface area contributed by atoms with E-state index in [1.807, 2.05) is 0 Å². The molecular weight excluding hydrogens is 349 g/mol.